The molecule has 0 aliphatic carbocycles. The first-order chi connectivity index (χ1) is 7.24. The van der Waals surface area contributed by atoms with Crippen molar-refractivity contribution in [2.75, 3.05) is 0 Å². The maximum Gasteiger partial charge on any atom is 0.112 e. The lowest BCUT2D eigenvalue weighted by Crippen LogP contribution is -2.23. The first-order valence-corrected chi connectivity index (χ1v) is 5.86. The van der Waals surface area contributed by atoms with Crippen LogP contribution in [0.5, 0.6) is 0 Å². The highest BCUT2D eigenvalue weighted by atomic mass is 79.9. The Morgan fingerprint density at radius 3 is 3.20 bits per heavy atom. The first kappa shape index (κ1) is 9.36. The fourth-order valence-electron chi connectivity index (χ4n) is 2.14. The van der Waals surface area contributed by atoms with Gasteiger partial charge in [-0.05, 0) is 24.6 Å². The minimum absolute atomic E-state index is 0.224. The fraction of sp³-hybridized carbons (Fsp3) is 0.364. The molecule has 15 heavy (non-hydrogen) atoms. The minimum atomic E-state index is -0.224. The summed E-state index contributed by atoms with van der Waals surface area (Å²) in [4.78, 5) is 4.53. The molecule has 0 amide bonds. The molecule has 2 heterocycles. The highest BCUT2D eigenvalue weighted by molar-refractivity contribution is 9.10. The minimum Gasteiger partial charge on any atom is -0.393 e. The third-order valence-corrected chi connectivity index (χ3v) is 3.39. The summed E-state index contributed by atoms with van der Waals surface area (Å²) in [6.07, 6.45) is 1.27. The molecule has 1 N–H and O–H groups in total. The molecule has 3 rings (SSSR count). The molecule has 0 saturated heterocycles. The summed E-state index contributed by atoms with van der Waals surface area (Å²) in [6.45, 7) is 0.865. The van der Waals surface area contributed by atoms with Crippen LogP contribution in [-0.2, 0) is 13.0 Å². The largest absolute Gasteiger partial charge is 0.393 e. The Morgan fingerprint density at radius 2 is 2.33 bits per heavy atom. The zero-order valence-electron chi connectivity index (χ0n) is 8.15. The van der Waals surface area contributed by atoms with Crippen molar-refractivity contribution in [3.8, 4) is 0 Å². The smallest absolute Gasteiger partial charge is 0.112 e. The molecule has 1 atom stereocenters. The van der Waals surface area contributed by atoms with E-state index in [1.165, 1.54) is 0 Å². The van der Waals surface area contributed by atoms with Crippen molar-refractivity contribution in [2.45, 2.75) is 25.5 Å². The first-order valence-electron chi connectivity index (χ1n) is 5.07. The summed E-state index contributed by atoms with van der Waals surface area (Å²) in [6, 6.07) is 6.10. The van der Waals surface area contributed by atoms with Crippen LogP contribution in [0.1, 0.15) is 12.2 Å². The Morgan fingerprint density at radius 1 is 1.47 bits per heavy atom. The number of nitrogens with zero attached hydrogens (tertiary/aromatic N) is 2. The van der Waals surface area contributed by atoms with Gasteiger partial charge in [0.2, 0.25) is 0 Å². The fourth-order valence-corrected chi connectivity index (χ4v) is 2.49. The predicted molar refractivity (Wildman–Crippen MR) is 61.8 cm³/mol. The van der Waals surface area contributed by atoms with Crippen molar-refractivity contribution in [3.05, 3.63) is 28.5 Å². The van der Waals surface area contributed by atoms with Gasteiger partial charge in [-0.15, -0.1) is 0 Å². The van der Waals surface area contributed by atoms with Gasteiger partial charge in [0.25, 0.3) is 0 Å². The molecule has 1 aromatic carbocycles. The summed E-state index contributed by atoms with van der Waals surface area (Å²) in [7, 11) is 0. The van der Waals surface area contributed by atoms with E-state index in [9.17, 15) is 5.11 Å². The Bertz CT molecular complexity index is 521. The summed E-state index contributed by atoms with van der Waals surface area (Å²) in [5.74, 6) is 1.00. The van der Waals surface area contributed by atoms with Crippen LogP contribution in [0.15, 0.2) is 22.7 Å². The number of fused-ring (bicyclic) bond motifs is 3. The van der Waals surface area contributed by atoms with Crippen molar-refractivity contribution >= 4 is 27.0 Å². The van der Waals surface area contributed by atoms with Crippen LogP contribution in [0.25, 0.3) is 11.0 Å². The molecule has 3 nitrogen and oxygen atoms in total. The molecule has 0 fully saturated rings. The van der Waals surface area contributed by atoms with Crippen LogP contribution in [0.4, 0.5) is 0 Å². The van der Waals surface area contributed by atoms with Crippen LogP contribution in [0.2, 0.25) is 0 Å². The van der Waals surface area contributed by atoms with Crippen molar-refractivity contribution in [3.63, 3.8) is 0 Å². The van der Waals surface area contributed by atoms with E-state index in [4.69, 9.17) is 0 Å². The summed E-state index contributed by atoms with van der Waals surface area (Å²) >= 11 is 3.47. The quantitative estimate of drug-likeness (QED) is 0.793. The number of rotatable bonds is 0. The van der Waals surface area contributed by atoms with E-state index in [0.29, 0.717) is 6.42 Å². The molecule has 0 saturated carbocycles. The number of aromatic nitrogens is 2. The highest BCUT2D eigenvalue weighted by Crippen LogP contribution is 2.25. The normalized spacial score (nSPS) is 20.5. The van der Waals surface area contributed by atoms with Gasteiger partial charge in [0.15, 0.2) is 0 Å². The molecule has 1 aromatic heterocycles. The van der Waals surface area contributed by atoms with Crippen molar-refractivity contribution < 1.29 is 5.11 Å². The van der Waals surface area contributed by atoms with E-state index in [2.05, 4.69) is 31.5 Å². The Balaban J connectivity index is 2.24. The second-order valence-corrected chi connectivity index (χ2v) is 4.88. The average molecular weight is 267 g/mol. The number of imidazole rings is 1. The van der Waals surface area contributed by atoms with Crippen LogP contribution in [0.3, 0.4) is 0 Å². The topological polar surface area (TPSA) is 38.0 Å². The second kappa shape index (κ2) is 3.32. The Hall–Kier alpha value is -0.870. The lowest BCUT2D eigenvalue weighted by molar-refractivity contribution is 0.142. The SMILES string of the molecule is OC1CCn2c(nc3ccc(Br)cc32)C1. The van der Waals surface area contributed by atoms with E-state index in [0.717, 1.165) is 34.3 Å². The van der Waals surface area contributed by atoms with E-state index < -0.39 is 0 Å². The number of hydrogen-bond donors (Lipinski definition) is 1. The van der Waals surface area contributed by atoms with Crippen LogP contribution in [0, 0.1) is 0 Å². The van der Waals surface area contributed by atoms with Gasteiger partial charge in [-0.1, -0.05) is 15.9 Å². The van der Waals surface area contributed by atoms with Gasteiger partial charge in [0, 0.05) is 17.4 Å². The molecule has 4 heteroatoms. The van der Waals surface area contributed by atoms with E-state index >= 15 is 0 Å². The zero-order chi connectivity index (χ0) is 10.4. The number of halogens is 1. The van der Waals surface area contributed by atoms with E-state index in [1.54, 1.807) is 0 Å². The molecule has 1 aliphatic rings. The van der Waals surface area contributed by atoms with E-state index in [1.807, 2.05) is 12.1 Å². The molecule has 78 valence electrons. The second-order valence-electron chi connectivity index (χ2n) is 3.96. The van der Waals surface area contributed by atoms with E-state index in [-0.39, 0.29) is 6.10 Å². The lowest BCUT2D eigenvalue weighted by atomic mass is 10.1. The third kappa shape index (κ3) is 1.48. The van der Waals surface area contributed by atoms with Gasteiger partial charge in [-0.3, -0.25) is 0 Å². The van der Waals surface area contributed by atoms with Gasteiger partial charge in [-0.2, -0.15) is 0 Å². The van der Waals surface area contributed by atoms with Crippen LogP contribution in [-0.4, -0.2) is 20.8 Å². The average Bonchev–Trinajstić information content (AvgIpc) is 2.54. The number of benzene rings is 1. The summed E-state index contributed by atoms with van der Waals surface area (Å²) in [5.41, 5.74) is 2.17. The standard InChI is InChI=1S/C11H11BrN2O/c12-7-1-2-9-10(5-7)14-4-3-8(15)6-11(14)13-9/h1-2,5,8,15H,3-4,6H2. The maximum atomic E-state index is 9.57. The summed E-state index contributed by atoms with van der Waals surface area (Å²) in [5, 5.41) is 9.57. The Kier molecular flexibility index (Phi) is 2.07. The van der Waals surface area contributed by atoms with Crippen LogP contribution < -0.4 is 0 Å². The molecule has 2 aromatic rings. The third-order valence-electron chi connectivity index (χ3n) is 2.89. The van der Waals surface area contributed by atoms with Gasteiger partial charge in [-0.25, -0.2) is 4.98 Å². The van der Waals surface area contributed by atoms with Gasteiger partial charge in [0.05, 0.1) is 17.1 Å². The van der Waals surface area contributed by atoms with Gasteiger partial charge >= 0.3 is 0 Å². The van der Waals surface area contributed by atoms with Gasteiger partial charge < -0.3 is 9.67 Å². The molecule has 1 unspecified atom stereocenters. The predicted octanol–water partition coefficient (Wildman–Crippen LogP) is 2.11. The zero-order valence-corrected chi connectivity index (χ0v) is 9.74. The van der Waals surface area contributed by atoms with Crippen molar-refractivity contribution in [1.82, 2.24) is 9.55 Å². The van der Waals surface area contributed by atoms with Gasteiger partial charge in [0.1, 0.15) is 5.82 Å². The molecule has 0 bridgehead atoms. The summed E-state index contributed by atoms with van der Waals surface area (Å²) < 4.78 is 3.27. The highest BCUT2D eigenvalue weighted by Gasteiger charge is 2.19. The molecule has 0 radical (unpaired) electrons. The number of hydrogen-bond acceptors (Lipinski definition) is 2. The molecular formula is C11H11BrN2O. The molecular weight excluding hydrogens is 256 g/mol. The van der Waals surface area contributed by atoms with Crippen LogP contribution >= 0.6 is 15.9 Å². The number of aryl methyl sites for hydroxylation is 1. The maximum absolute atomic E-state index is 9.57. The number of aliphatic hydroxyl groups is 1. The van der Waals surface area contributed by atoms with Crippen molar-refractivity contribution in [2.24, 2.45) is 0 Å². The molecule has 1 aliphatic heterocycles. The number of aliphatic hydroxyl groups excluding tert-OH is 1. The Labute approximate surface area is 95.9 Å². The monoisotopic (exact) mass is 266 g/mol. The molecule has 0 spiro atoms. The van der Waals surface area contributed by atoms with Crippen molar-refractivity contribution in [1.29, 1.82) is 0 Å². The lowest BCUT2D eigenvalue weighted by Gasteiger charge is -2.19.